The Balaban J connectivity index is 1.54. The van der Waals surface area contributed by atoms with E-state index in [9.17, 15) is 13.2 Å². The fourth-order valence-corrected chi connectivity index (χ4v) is 3.13. The molecule has 0 radical (unpaired) electrons. The molecule has 1 aromatic carbocycles. The molecule has 0 fully saturated rings. The number of nitrogens with zero attached hydrogens (tertiary/aromatic N) is 5. The lowest BCUT2D eigenvalue weighted by atomic mass is 10.1. The van der Waals surface area contributed by atoms with Crippen molar-refractivity contribution < 1.29 is 17.9 Å². The second-order valence-corrected chi connectivity index (χ2v) is 7.14. The molecule has 0 saturated carbocycles. The maximum Gasteiger partial charge on any atom is 0.434 e. The lowest BCUT2D eigenvalue weighted by Gasteiger charge is -2.09. The van der Waals surface area contributed by atoms with Gasteiger partial charge in [0.15, 0.2) is 11.2 Å². The molecule has 3 heterocycles. The minimum absolute atomic E-state index is 0.00725. The number of fused-ring (bicyclic) bond motifs is 1. The largest absolute Gasteiger partial charge is 0.471 e. The summed E-state index contributed by atoms with van der Waals surface area (Å²) in [5, 5.41) is 0.397. The van der Waals surface area contributed by atoms with E-state index in [-0.39, 0.29) is 23.6 Å². The first kappa shape index (κ1) is 20.4. The third-order valence-corrected chi connectivity index (χ3v) is 4.57. The van der Waals surface area contributed by atoms with Crippen LogP contribution in [0.5, 0.6) is 5.88 Å². The summed E-state index contributed by atoms with van der Waals surface area (Å²) in [5.74, 6) is 0.411. The van der Waals surface area contributed by atoms with Gasteiger partial charge >= 0.3 is 6.18 Å². The van der Waals surface area contributed by atoms with Crippen LogP contribution in [-0.2, 0) is 19.8 Å². The number of benzene rings is 1. The molecule has 0 aliphatic carbocycles. The summed E-state index contributed by atoms with van der Waals surface area (Å²) in [7, 11) is 1.51. The number of ether oxygens (including phenoxy) is 1. The zero-order valence-electron chi connectivity index (χ0n) is 15.3. The topological polar surface area (TPSA) is 65.7 Å². The van der Waals surface area contributed by atoms with E-state index in [1.807, 2.05) is 0 Å². The molecule has 0 saturated heterocycles. The molecule has 0 unspecified atom stereocenters. The minimum Gasteiger partial charge on any atom is -0.471 e. The SMILES string of the molecule is Cn1cc(C(F)(F)F)nc1-c1ccc(COc2nc(Cl)nc3cc(Cl)cnc23)cc1. The van der Waals surface area contributed by atoms with Crippen molar-refractivity contribution in [3.05, 3.63) is 64.3 Å². The van der Waals surface area contributed by atoms with E-state index < -0.39 is 11.9 Å². The van der Waals surface area contributed by atoms with Gasteiger partial charge in [-0.05, 0) is 23.2 Å². The number of halogens is 5. The van der Waals surface area contributed by atoms with Crippen LogP contribution in [0.1, 0.15) is 11.3 Å². The number of hydrogen-bond acceptors (Lipinski definition) is 5. The van der Waals surface area contributed by atoms with Gasteiger partial charge < -0.3 is 9.30 Å². The first-order valence-corrected chi connectivity index (χ1v) is 9.28. The van der Waals surface area contributed by atoms with Crippen LogP contribution < -0.4 is 4.74 Å². The number of aromatic nitrogens is 5. The lowest BCUT2D eigenvalue weighted by molar-refractivity contribution is -0.140. The van der Waals surface area contributed by atoms with Crippen LogP contribution in [0.15, 0.2) is 42.7 Å². The van der Waals surface area contributed by atoms with Gasteiger partial charge in [-0.15, -0.1) is 0 Å². The van der Waals surface area contributed by atoms with Crippen molar-refractivity contribution in [1.29, 1.82) is 0 Å². The molecule has 0 N–H and O–H groups in total. The molecule has 4 aromatic rings. The Bertz CT molecular complexity index is 1220. The maximum atomic E-state index is 12.9. The summed E-state index contributed by atoms with van der Waals surface area (Å²) in [6, 6.07) is 8.40. The van der Waals surface area contributed by atoms with Crippen LogP contribution in [0, 0.1) is 0 Å². The van der Waals surface area contributed by atoms with Crippen molar-refractivity contribution in [2.45, 2.75) is 12.8 Å². The number of aryl methyl sites for hydroxylation is 1. The van der Waals surface area contributed by atoms with Gasteiger partial charge in [-0.2, -0.15) is 18.2 Å². The molecule has 0 amide bonds. The van der Waals surface area contributed by atoms with Crippen molar-refractivity contribution >= 4 is 34.2 Å². The Morgan fingerprint density at radius 3 is 2.47 bits per heavy atom. The standard InChI is InChI=1S/C19H12Cl2F3N5O/c1-29-8-14(19(22,23)24)27-16(29)11-4-2-10(3-5-11)9-30-17-15-13(26-18(21)28-17)6-12(20)7-25-15/h2-8H,9H2,1H3. The molecular formula is C19H12Cl2F3N5O. The van der Waals surface area contributed by atoms with E-state index in [1.165, 1.54) is 17.8 Å². The molecule has 154 valence electrons. The molecule has 0 bridgehead atoms. The van der Waals surface area contributed by atoms with E-state index in [2.05, 4.69) is 19.9 Å². The fraction of sp³-hybridized carbons (Fsp3) is 0.158. The van der Waals surface area contributed by atoms with Gasteiger partial charge in [0, 0.05) is 25.0 Å². The first-order chi connectivity index (χ1) is 14.2. The normalized spacial score (nSPS) is 11.8. The quantitative estimate of drug-likeness (QED) is 0.390. The van der Waals surface area contributed by atoms with Crippen molar-refractivity contribution in [2.75, 3.05) is 0 Å². The highest BCUT2D eigenvalue weighted by Crippen LogP contribution is 2.31. The Morgan fingerprint density at radius 1 is 1.07 bits per heavy atom. The van der Waals surface area contributed by atoms with Crippen LogP contribution >= 0.6 is 23.2 Å². The van der Waals surface area contributed by atoms with E-state index in [1.54, 1.807) is 30.3 Å². The zero-order valence-corrected chi connectivity index (χ0v) is 16.8. The lowest BCUT2D eigenvalue weighted by Crippen LogP contribution is -2.04. The molecule has 0 aliphatic heterocycles. The van der Waals surface area contributed by atoms with E-state index in [4.69, 9.17) is 27.9 Å². The van der Waals surface area contributed by atoms with Crippen LogP contribution in [0.2, 0.25) is 10.3 Å². The summed E-state index contributed by atoms with van der Waals surface area (Å²) in [6.07, 6.45) is -2.09. The third kappa shape index (κ3) is 4.17. The van der Waals surface area contributed by atoms with Crippen molar-refractivity contribution in [2.24, 2.45) is 7.05 Å². The monoisotopic (exact) mass is 453 g/mol. The van der Waals surface area contributed by atoms with Gasteiger partial charge in [0.1, 0.15) is 12.4 Å². The Kier molecular flexibility index (Phi) is 5.25. The van der Waals surface area contributed by atoms with Gasteiger partial charge in [0.05, 0.1) is 10.5 Å². The summed E-state index contributed by atoms with van der Waals surface area (Å²) in [5.41, 5.74) is 1.23. The average Bonchev–Trinajstić information content (AvgIpc) is 3.08. The number of hydrogen-bond donors (Lipinski definition) is 0. The highest BCUT2D eigenvalue weighted by molar-refractivity contribution is 6.31. The van der Waals surface area contributed by atoms with Gasteiger partial charge in [-0.1, -0.05) is 35.9 Å². The second kappa shape index (κ2) is 7.73. The van der Waals surface area contributed by atoms with Crippen LogP contribution in [0.3, 0.4) is 0 Å². The van der Waals surface area contributed by atoms with Crippen molar-refractivity contribution in [1.82, 2.24) is 24.5 Å². The molecule has 30 heavy (non-hydrogen) atoms. The number of rotatable bonds is 4. The van der Waals surface area contributed by atoms with Crippen LogP contribution in [0.25, 0.3) is 22.4 Å². The number of alkyl halides is 3. The molecule has 11 heteroatoms. The number of imidazole rings is 1. The molecule has 0 aliphatic rings. The molecule has 0 spiro atoms. The predicted octanol–water partition coefficient (Wildman–Crippen LogP) is 5.33. The summed E-state index contributed by atoms with van der Waals surface area (Å²) in [6.45, 7) is 0.140. The molecule has 3 aromatic heterocycles. The summed E-state index contributed by atoms with van der Waals surface area (Å²) in [4.78, 5) is 16.0. The van der Waals surface area contributed by atoms with E-state index in [0.717, 1.165) is 11.8 Å². The minimum atomic E-state index is -4.50. The second-order valence-electron chi connectivity index (χ2n) is 6.36. The smallest absolute Gasteiger partial charge is 0.434 e. The number of pyridine rings is 1. The van der Waals surface area contributed by atoms with Gasteiger partial charge in [-0.3, -0.25) is 0 Å². The summed E-state index contributed by atoms with van der Waals surface area (Å²) < 4.78 is 45.6. The van der Waals surface area contributed by atoms with E-state index in [0.29, 0.717) is 21.6 Å². The van der Waals surface area contributed by atoms with Gasteiger partial charge in [0.25, 0.3) is 0 Å². The Labute approximate surface area is 178 Å². The Morgan fingerprint density at radius 2 is 1.80 bits per heavy atom. The predicted molar refractivity (Wildman–Crippen MR) is 105 cm³/mol. The molecule has 6 nitrogen and oxygen atoms in total. The van der Waals surface area contributed by atoms with Crippen LogP contribution in [-0.4, -0.2) is 24.5 Å². The summed E-state index contributed by atoms with van der Waals surface area (Å²) >= 11 is 11.9. The molecule has 0 atom stereocenters. The van der Waals surface area contributed by atoms with Crippen molar-refractivity contribution in [3.8, 4) is 17.3 Å². The van der Waals surface area contributed by atoms with Gasteiger partial charge in [-0.25, -0.2) is 15.0 Å². The van der Waals surface area contributed by atoms with E-state index >= 15 is 0 Å². The first-order valence-electron chi connectivity index (χ1n) is 8.52. The molecular weight excluding hydrogens is 442 g/mol. The molecule has 4 rings (SSSR count). The fourth-order valence-electron chi connectivity index (χ4n) is 2.81. The zero-order chi connectivity index (χ0) is 21.5. The maximum absolute atomic E-state index is 12.9. The highest BCUT2D eigenvalue weighted by Gasteiger charge is 2.34. The highest BCUT2D eigenvalue weighted by atomic mass is 35.5. The average molecular weight is 454 g/mol. The third-order valence-electron chi connectivity index (χ3n) is 4.20. The Hall–Kier alpha value is -2.91. The van der Waals surface area contributed by atoms with Gasteiger partial charge in [0.2, 0.25) is 11.2 Å². The van der Waals surface area contributed by atoms with Crippen molar-refractivity contribution in [3.63, 3.8) is 0 Å². The van der Waals surface area contributed by atoms with Crippen LogP contribution in [0.4, 0.5) is 13.2 Å².